The van der Waals surface area contributed by atoms with Gasteiger partial charge in [-0.25, -0.2) is 8.78 Å². The van der Waals surface area contributed by atoms with Gasteiger partial charge < -0.3 is 0 Å². The summed E-state index contributed by atoms with van der Waals surface area (Å²) in [4.78, 5) is 0. The fourth-order valence-electron chi connectivity index (χ4n) is 1.18. The van der Waals surface area contributed by atoms with Crippen molar-refractivity contribution >= 4 is 11.6 Å². The molecule has 0 unspecified atom stereocenters. The molecule has 0 atom stereocenters. The lowest BCUT2D eigenvalue weighted by molar-refractivity contribution is 0.420. The van der Waals surface area contributed by atoms with E-state index in [1.807, 2.05) is 0 Å². The summed E-state index contributed by atoms with van der Waals surface area (Å²) >= 11 is 5.71. The number of allylic oxidation sites excluding steroid dienone is 6. The molecule has 72 valence electrons. The van der Waals surface area contributed by atoms with Crippen molar-refractivity contribution in [3.05, 3.63) is 34.4 Å². The van der Waals surface area contributed by atoms with Crippen molar-refractivity contribution in [1.82, 2.24) is 0 Å². The molecule has 1 aliphatic rings. The van der Waals surface area contributed by atoms with E-state index in [1.54, 1.807) is 20.8 Å². The minimum absolute atomic E-state index is 0.00824. The molecule has 0 saturated heterocycles. The van der Waals surface area contributed by atoms with Crippen LogP contribution in [0.4, 0.5) is 8.78 Å². The number of rotatable bonds is 0. The van der Waals surface area contributed by atoms with Gasteiger partial charge >= 0.3 is 0 Å². The van der Waals surface area contributed by atoms with E-state index in [0.29, 0.717) is 5.57 Å². The minimum atomic E-state index is -0.963. The molecule has 1 aliphatic carbocycles. The first-order chi connectivity index (χ1) is 5.84. The third-order valence-electron chi connectivity index (χ3n) is 1.96. The fourth-order valence-corrected chi connectivity index (χ4v) is 1.47. The smallest absolute Gasteiger partial charge is 0.128 e. The third-order valence-corrected chi connectivity index (χ3v) is 2.42. The van der Waals surface area contributed by atoms with Crippen LogP contribution >= 0.6 is 11.6 Å². The summed E-state index contributed by atoms with van der Waals surface area (Å²) < 4.78 is 26.6. The van der Waals surface area contributed by atoms with Crippen molar-refractivity contribution in [3.63, 3.8) is 0 Å². The van der Waals surface area contributed by atoms with Crippen LogP contribution in [0.1, 0.15) is 20.8 Å². The maximum Gasteiger partial charge on any atom is 0.128 e. The van der Waals surface area contributed by atoms with Gasteiger partial charge in [0.25, 0.3) is 0 Å². The average Bonchev–Trinajstić information content (AvgIpc) is 2.03. The van der Waals surface area contributed by atoms with E-state index in [9.17, 15) is 8.78 Å². The molecule has 0 heterocycles. The largest absolute Gasteiger partial charge is 0.209 e. The molecule has 3 heteroatoms. The molecule has 1 rings (SSSR count). The second kappa shape index (κ2) is 3.26. The summed E-state index contributed by atoms with van der Waals surface area (Å²) in [5.74, 6) is -0.941. The van der Waals surface area contributed by atoms with Crippen LogP contribution in [0.3, 0.4) is 0 Å². The monoisotopic (exact) mass is 204 g/mol. The maximum absolute atomic E-state index is 13.5. The van der Waals surface area contributed by atoms with Gasteiger partial charge in [-0.1, -0.05) is 11.6 Å². The molecule has 0 aromatic heterocycles. The van der Waals surface area contributed by atoms with Gasteiger partial charge in [0.15, 0.2) is 0 Å². The van der Waals surface area contributed by atoms with Crippen molar-refractivity contribution in [3.8, 4) is 0 Å². The highest BCUT2D eigenvalue weighted by atomic mass is 35.5. The van der Waals surface area contributed by atoms with E-state index in [1.165, 1.54) is 12.2 Å². The summed E-state index contributed by atoms with van der Waals surface area (Å²) in [5, 5.41) is 0.00824. The predicted molar refractivity (Wildman–Crippen MR) is 50.7 cm³/mol. The molecule has 0 bridgehead atoms. The Morgan fingerprint density at radius 1 is 1.31 bits per heavy atom. The molecule has 0 aromatic rings. The van der Waals surface area contributed by atoms with E-state index in [4.69, 9.17) is 11.6 Å². The highest BCUT2D eigenvalue weighted by Crippen LogP contribution is 2.39. The van der Waals surface area contributed by atoms with Gasteiger partial charge in [-0.3, -0.25) is 0 Å². The van der Waals surface area contributed by atoms with Crippen LogP contribution in [0.15, 0.2) is 34.4 Å². The quantitative estimate of drug-likeness (QED) is 0.554. The lowest BCUT2D eigenvalue weighted by Crippen LogP contribution is -2.09. The molecular formula is C10H11ClF2. The second-order valence-corrected chi connectivity index (χ2v) is 4.08. The first kappa shape index (κ1) is 10.5. The van der Waals surface area contributed by atoms with Crippen LogP contribution in [-0.4, -0.2) is 0 Å². The summed E-state index contributed by atoms with van der Waals surface area (Å²) in [6, 6.07) is 0. The number of hydrogen-bond acceptors (Lipinski definition) is 0. The summed E-state index contributed by atoms with van der Waals surface area (Å²) in [7, 11) is 0. The average molecular weight is 205 g/mol. The zero-order valence-corrected chi connectivity index (χ0v) is 8.54. The Labute approximate surface area is 81.6 Å². The topological polar surface area (TPSA) is 0 Å². The molecule has 0 spiro atoms. The van der Waals surface area contributed by atoms with Crippen molar-refractivity contribution in [2.24, 2.45) is 5.41 Å². The molecule has 0 saturated carbocycles. The standard InChI is InChI=1S/C10H11ClF2/c1-6-4-7(12)5-10(2,3)9(13)8(6)11/h4-5H,1-3H3. The third kappa shape index (κ3) is 1.99. The van der Waals surface area contributed by atoms with Crippen LogP contribution in [-0.2, 0) is 0 Å². The SMILES string of the molecule is CC1=CC(F)=CC(C)(C)C(F)=C1Cl. The van der Waals surface area contributed by atoms with Crippen molar-refractivity contribution in [1.29, 1.82) is 0 Å². The van der Waals surface area contributed by atoms with E-state index < -0.39 is 17.1 Å². The first-order valence-corrected chi connectivity index (χ1v) is 4.35. The molecule has 0 aromatic carbocycles. The molecule has 0 N–H and O–H groups in total. The number of halogens is 3. The van der Waals surface area contributed by atoms with E-state index >= 15 is 0 Å². The van der Waals surface area contributed by atoms with Gasteiger partial charge in [-0.2, -0.15) is 0 Å². The van der Waals surface area contributed by atoms with Gasteiger partial charge in [0.1, 0.15) is 11.7 Å². The summed E-state index contributed by atoms with van der Waals surface area (Å²) in [6.45, 7) is 4.74. The van der Waals surface area contributed by atoms with Gasteiger partial charge in [-0.15, -0.1) is 0 Å². The van der Waals surface area contributed by atoms with Gasteiger partial charge in [0.2, 0.25) is 0 Å². The molecular weight excluding hydrogens is 194 g/mol. The van der Waals surface area contributed by atoms with Crippen molar-refractivity contribution < 1.29 is 8.78 Å². The Kier molecular flexibility index (Phi) is 2.62. The van der Waals surface area contributed by atoms with Gasteiger partial charge in [0.05, 0.1) is 5.03 Å². The number of hydrogen-bond donors (Lipinski definition) is 0. The zero-order chi connectivity index (χ0) is 10.2. The minimum Gasteiger partial charge on any atom is -0.209 e. The molecule has 0 nitrogen and oxygen atoms in total. The fraction of sp³-hybridized carbons (Fsp3) is 0.400. The Bertz CT molecular complexity index is 322. The Balaban J connectivity index is 3.32. The molecule has 0 fully saturated rings. The predicted octanol–water partition coefficient (Wildman–Crippen LogP) is 4.25. The molecule has 0 aliphatic heterocycles. The van der Waals surface area contributed by atoms with Crippen LogP contribution in [0.2, 0.25) is 0 Å². The van der Waals surface area contributed by atoms with Crippen molar-refractivity contribution in [2.75, 3.05) is 0 Å². The molecule has 0 radical (unpaired) electrons. The maximum atomic E-state index is 13.5. The first-order valence-electron chi connectivity index (χ1n) is 3.97. The zero-order valence-electron chi connectivity index (χ0n) is 7.79. The highest BCUT2D eigenvalue weighted by molar-refractivity contribution is 6.32. The Morgan fingerprint density at radius 2 is 1.85 bits per heavy atom. The van der Waals surface area contributed by atoms with Gasteiger partial charge in [0, 0.05) is 5.41 Å². The molecule has 0 amide bonds. The Hall–Kier alpha value is -0.630. The Morgan fingerprint density at radius 3 is 2.38 bits per heavy atom. The normalized spacial score (nSPS) is 22.3. The van der Waals surface area contributed by atoms with Crippen LogP contribution in [0.25, 0.3) is 0 Å². The summed E-state index contributed by atoms with van der Waals surface area (Å²) in [6.07, 6.45) is 2.46. The van der Waals surface area contributed by atoms with Crippen LogP contribution in [0.5, 0.6) is 0 Å². The van der Waals surface area contributed by atoms with E-state index in [0.717, 1.165) is 0 Å². The summed E-state index contributed by atoms with van der Waals surface area (Å²) in [5.41, 5.74) is -0.548. The second-order valence-electron chi connectivity index (χ2n) is 3.71. The van der Waals surface area contributed by atoms with Crippen LogP contribution in [0, 0.1) is 5.41 Å². The van der Waals surface area contributed by atoms with E-state index in [2.05, 4.69) is 0 Å². The van der Waals surface area contributed by atoms with E-state index in [-0.39, 0.29) is 5.03 Å². The van der Waals surface area contributed by atoms with Crippen LogP contribution < -0.4 is 0 Å². The highest BCUT2D eigenvalue weighted by Gasteiger charge is 2.27. The van der Waals surface area contributed by atoms with Gasteiger partial charge in [-0.05, 0) is 38.5 Å². The lowest BCUT2D eigenvalue weighted by atomic mass is 9.91. The lowest BCUT2D eigenvalue weighted by Gasteiger charge is -2.17. The van der Waals surface area contributed by atoms with Crippen molar-refractivity contribution in [2.45, 2.75) is 20.8 Å². The molecule has 13 heavy (non-hydrogen) atoms.